The molecule has 5 nitrogen and oxygen atoms in total. The second-order valence-electron chi connectivity index (χ2n) is 7.77. The Hall–Kier alpha value is -3.02. The Kier molecular flexibility index (Phi) is 5.30. The summed E-state index contributed by atoms with van der Waals surface area (Å²) in [5, 5.41) is 13.6. The molecule has 6 heteroatoms. The molecule has 0 saturated heterocycles. The SMILES string of the molecule is Clc1ccc([C@@H](c2nnnn2Cc2ccccc2)[NH+]2CCc3ccccc3C2)cc1. The highest BCUT2D eigenvalue weighted by Crippen LogP contribution is 2.22. The van der Waals surface area contributed by atoms with E-state index in [2.05, 4.69) is 64.1 Å². The van der Waals surface area contributed by atoms with Crippen LogP contribution in [0.5, 0.6) is 0 Å². The van der Waals surface area contributed by atoms with Crippen molar-refractivity contribution in [2.45, 2.75) is 25.6 Å². The van der Waals surface area contributed by atoms with E-state index in [1.54, 1.807) is 0 Å². The highest BCUT2D eigenvalue weighted by atomic mass is 35.5. The predicted octanol–water partition coefficient (Wildman–Crippen LogP) is 3.11. The molecule has 1 aromatic heterocycles. The molecule has 1 aliphatic rings. The van der Waals surface area contributed by atoms with Crippen LogP contribution in [0.25, 0.3) is 0 Å². The molecule has 30 heavy (non-hydrogen) atoms. The van der Waals surface area contributed by atoms with E-state index < -0.39 is 0 Å². The Morgan fingerprint density at radius 2 is 1.63 bits per heavy atom. The summed E-state index contributed by atoms with van der Waals surface area (Å²) in [7, 11) is 0. The van der Waals surface area contributed by atoms with Gasteiger partial charge in [-0.2, -0.15) is 0 Å². The molecule has 1 unspecified atom stereocenters. The molecular formula is C24H23ClN5+. The summed E-state index contributed by atoms with van der Waals surface area (Å²) in [5.41, 5.74) is 5.21. The molecule has 0 aliphatic carbocycles. The van der Waals surface area contributed by atoms with Crippen molar-refractivity contribution in [2.75, 3.05) is 6.54 Å². The first-order valence-electron chi connectivity index (χ1n) is 10.2. The minimum absolute atomic E-state index is 0.0364. The van der Waals surface area contributed by atoms with Crippen LogP contribution >= 0.6 is 11.6 Å². The maximum Gasteiger partial charge on any atom is 0.214 e. The summed E-state index contributed by atoms with van der Waals surface area (Å²) < 4.78 is 1.93. The fraction of sp³-hybridized carbons (Fsp3) is 0.208. The largest absolute Gasteiger partial charge is 0.318 e. The van der Waals surface area contributed by atoms with E-state index in [4.69, 9.17) is 11.6 Å². The zero-order valence-electron chi connectivity index (χ0n) is 16.6. The van der Waals surface area contributed by atoms with E-state index in [0.29, 0.717) is 6.54 Å². The zero-order valence-corrected chi connectivity index (χ0v) is 17.3. The third kappa shape index (κ3) is 3.86. The number of fused-ring (bicyclic) bond motifs is 1. The Morgan fingerprint density at radius 3 is 2.43 bits per heavy atom. The molecule has 2 atom stereocenters. The number of nitrogens with one attached hydrogen (secondary N) is 1. The van der Waals surface area contributed by atoms with Gasteiger partial charge in [0.25, 0.3) is 0 Å². The number of rotatable bonds is 5. The van der Waals surface area contributed by atoms with Crippen LogP contribution in [-0.4, -0.2) is 26.8 Å². The predicted molar refractivity (Wildman–Crippen MR) is 116 cm³/mol. The van der Waals surface area contributed by atoms with Crippen LogP contribution in [-0.2, 0) is 19.5 Å². The lowest BCUT2D eigenvalue weighted by atomic mass is 9.96. The van der Waals surface area contributed by atoms with Crippen molar-refractivity contribution in [1.82, 2.24) is 20.2 Å². The Labute approximate surface area is 180 Å². The van der Waals surface area contributed by atoms with E-state index in [1.807, 2.05) is 35.0 Å². The van der Waals surface area contributed by atoms with Crippen molar-refractivity contribution in [1.29, 1.82) is 0 Å². The quantitative estimate of drug-likeness (QED) is 0.544. The molecule has 5 rings (SSSR count). The Bertz CT molecular complexity index is 1120. The molecule has 150 valence electrons. The number of hydrogen-bond donors (Lipinski definition) is 1. The first-order valence-corrected chi connectivity index (χ1v) is 10.6. The lowest BCUT2D eigenvalue weighted by Crippen LogP contribution is -3.12. The van der Waals surface area contributed by atoms with Gasteiger partial charge in [0.05, 0.1) is 13.1 Å². The van der Waals surface area contributed by atoms with Gasteiger partial charge >= 0.3 is 0 Å². The number of nitrogens with zero attached hydrogens (tertiary/aromatic N) is 4. The van der Waals surface area contributed by atoms with Gasteiger partial charge in [-0.05, 0) is 33.7 Å². The van der Waals surface area contributed by atoms with Crippen molar-refractivity contribution >= 4 is 11.6 Å². The van der Waals surface area contributed by atoms with Gasteiger partial charge in [-0.3, -0.25) is 0 Å². The average Bonchev–Trinajstić information content (AvgIpc) is 3.23. The van der Waals surface area contributed by atoms with Crippen LogP contribution in [0, 0.1) is 0 Å². The minimum atomic E-state index is 0.0364. The van der Waals surface area contributed by atoms with Gasteiger partial charge < -0.3 is 4.90 Å². The first kappa shape index (κ1) is 19.0. The van der Waals surface area contributed by atoms with Crippen LogP contribution in [0.3, 0.4) is 0 Å². The number of quaternary nitrogens is 1. The van der Waals surface area contributed by atoms with E-state index in [1.165, 1.54) is 27.2 Å². The zero-order chi connectivity index (χ0) is 20.3. The minimum Gasteiger partial charge on any atom is -0.318 e. The smallest absolute Gasteiger partial charge is 0.214 e. The first-order chi connectivity index (χ1) is 14.8. The topological polar surface area (TPSA) is 48.0 Å². The van der Waals surface area contributed by atoms with Crippen LogP contribution in [0.15, 0.2) is 78.9 Å². The fourth-order valence-electron chi connectivity index (χ4n) is 4.36. The maximum absolute atomic E-state index is 6.18. The molecular weight excluding hydrogens is 394 g/mol. The van der Waals surface area contributed by atoms with Gasteiger partial charge in [0.1, 0.15) is 6.54 Å². The standard InChI is InChI=1S/C24H22ClN5/c25-22-12-10-20(11-13-22)23(29-15-14-19-8-4-5-9-21(19)17-29)24-26-27-28-30(24)16-18-6-2-1-3-7-18/h1-13,23H,14-17H2/p+1/t23-/m0/s1. The van der Waals surface area contributed by atoms with Crippen LogP contribution < -0.4 is 4.90 Å². The van der Waals surface area contributed by atoms with Gasteiger partial charge in [0.2, 0.25) is 5.82 Å². The molecule has 0 fully saturated rings. The summed E-state index contributed by atoms with van der Waals surface area (Å²) >= 11 is 6.18. The molecule has 0 amide bonds. The second kappa shape index (κ2) is 8.38. The number of halogens is 1. The molecule has 0 spiro atoms. The lowest BCUT2D eigenvalue weighted by molar-refractivity contribution is -0.941. The van der Waals surface area contributed by atoms with Crippen LogP contribution in [0.1, 0.15) is 34.1 Å². The van der Waals surface area contributed by atoms with E-state index in [9.17, 15) is 0 Å². The van der Waals surface area contributed by atoms with Gasteiger partial charge in [0.15, 0.2) is 6.04 Å². The number of hydrogen-bond acceptors (Lipinski definition) is 3. The van der Waals surface area contributed by atoms with Crippen molar-refractivity contribution in [3.63, 3.8) is 0 Å². The van der Waals surface area contributed by atoms with E-state index in [0.717, 1.165) is 30.4 Å². The van der Waals surface area contributed by atoms with Gasteiger partial charge in [-0.25, -0.2) is 4.68 Å². The van der Waals surface area contributed by atoms with E-state index >= 15 is 0 Å². The maximum atomic E-state index is 6.18. The Morgan fingerprint density at radius 1 is 0.900 bits per heavy atom. The highest BCUT2D eigenvalue weighted by molar-refractivity contribution is 6.30. The van der Waals surface area contributed by atoms with Crippen LogP contribution in [0.4, 0.5) is 0 Å². The fourth-order valence-corrected chi connectivity index (χ4v) is 4.48. The van der Waals surface area contributed by atoms with Gasteiger partial charge in [-0.15, -0.1) is 5.10 Å². The molecule has 1 N–H and O–H groups in total. The number of tetrazole rings is 1. The second-order valence-corrected chi connectivity index (χ2v) is 8.21. The summed E-state index contributed by atoms with van der Waals surface area (Å²) in [6.07, 6.45) is 1.05. The normalized spacial score (nSPS) is 16.8. The van der Waals surface area contributed by atoms with Crippen LogP contribution in [0.2, 0.25) is 5.02 Å². The summed E-state index contributed by atoms with van der Waals surface area (Å²) in [6, 6.07) is 27.2. The third-order valence-electron chi connectivity index (χ3n) is 5.86. The number of benzene rings is 3. The molecule has 2 heterocycles. The molecule has 1 aliphatic heterocycles. The molecule has 0 radical (unpaired) electrons. The highest BCUT2D eigenvalue weighted by Gasteiger charge is 2.34. The Balaban J connectivity index is 1.53. The summed E-state index contributed by atoms with van der Waals surface area (Å²) in [6.45, 7) is 2.63. The van der Waals surface area contributed by atoms with Crippen molar-refractivity contribution < 1.29 is 4.90 Å². The van der Waals surface area contributed by atoms with Gasteiger partial charge in [0, 0.05) is 22.6 Å². The molecule has 3 aromatic carbocycles. The van der Waals surface area contributed by atoms with Crippen molar-refractivity contribution in [3.05, 3.63) is 112 Å². The third-order valence-corrected chi connectivity index (χ3v) is 6.11. The summed E-state index contributed by atoms with van der Waals surface area (Å²) in [5.74, 6) is 0.885. The molecule has 4 aromatic rings. The van der Waals surface area contributed by atoms with Crippen molar-refractivity contribution in [2.24, 2.45) is 0 Å². The van der Waals surface area contributed by atoms with Crippen molar-refractivity contribution in [3.8, 4) is 0 Å². The lowest BCUT2D eigenvalue weighted by Gasteiger charge is -2.32. The summed E-state index contributed by atoms with van der Waals surface area (Å²) in [4.78, 5) is 1.44. The molecule has 0 saturated carbocycles. The average molecular weight is 417 g/mol. The van der Waals surface area contributed by atoms with E-state index in [-0.39, 0.29) is 6.04 Å². The van der Waals surface area contributed by atoms with Gasteiger partial charge in [-0.1, -0.05) is 78.3 Å². The monoisotopic (exact) mass is 416 g/mol. The molecule has 0 bridgehead atoms. The number of aromatic nitrogens is 4.